The van der Waals surface area contributed by atoms with Gasteiger partial charge in [-0.2, -0.15) is 0 Å². The lowest BCUT2D eigenvalue weighted by molar-refractivity contribution is 0.0996. The number of carbonyl (C=O) groups excluding carboxylic acids is 2. The number of hydrogen-bond donors (Lipinski definition) is 3. The molecule has 2 amide bonds. The molecule has 0 unspecified atom stereocenters. The molecule has 0 aliphatic rings. The Hall–Kier alpha value is -4.46. The Bertz CT molecular complexity index is 1340. The van der Waals surface area contributed by atoms with E-state index in [0.29, 0.717) is 27.9 Å². The van der Waals surface area contributed by atoms with Gasteiger partial charge in [0, 0.05) is 10.9 Å². The van der Waals surface area contributed by atoms with Crippen LogP contribution in [0.4, 0.5) is 11.4 Å². The molecule has 1 aromatic heterocycles. The van der Waals surface area contributed by atoms with E-state index in [-0.39, 0.29) is 23.0 Å². The van der Waals surface area contributed by atoms with Crippen molar-refractivity contribution < 1.29 is 19.4 Å². The van der Waals surface area contributed by atoms with Crippen LogP contribution in [0.15, 0.2) is 77.0 Å². The number of rotatable bonds is 5. The summed E-state index contributed by atoms with van der Waals surface area (Å²) in [7, 11) is 1.53. The molecule has 0 radical (unpaired) electrons. The number of aromatic amines is 1. The van der Waals surface area contributed by atoms with Gasteiger partial charge in [0.15, 0.2) is 5.69 Å². The zero-order chi connectivity index (χ0) is 22.7. The summed E-state index contributed by atoms with van der Waals surface area (Å²) in [4.78, 5) is 28.1. The van der Waals surface area contributed by atoms with E-state index in [1.165, 1.54) is 7.11 Å². The van der Waals surface area contributed by atoms with E-state index in [0.717, 1.165) is 5.56 Å². The van der Waals surface area contributed by atoms with Crippen LogP contribution in [0, 0.1) is 6.92 Å². The fraction of sp³-hybridized carbons (Fsp3) is 0.0833. The topological polar surface area (TPSA) is 116 Å². The SMILES string of the molecule is COc1ccc2[nH]c(O)c(N=NC(=O)c3ccccc3NC(=O)c3ccc(C)cc3)c2c1. The van der Waals surface area contributed by atoms with E-state index in [4.69, 9.17) is 4.74 Å². The molecule has 3 N–H and O–H groups in total. The van der Waals surface area contributed by atoms with Crippen molar-refractivity contribution >= 4 is 34.1 Å². The van der Waals surface area contributed by atoms with Gasteiger partial charge in [0.2, 0.25) is 5.88 Å². The van der Waals surface area contributed by atoms with E-state index in [1.807, 2.05) is 19.1 Å². The number of azo groups is 1. The molecule has 0 bridgehead atoms. The van der Waals surface area contributed by atoms with Crippen LogP contribution in [0.5, 0.6) is 11.6 Å². The summed E-state index contributed by atoms with van der Waals surface area (Å²) in [6, 6.07) is 18.8. The van der Waals surface area contributed by atoms with Crippen molar-refractivity contribution in [2.45, 2.75) is 6.92 Å². The summed E-state index contributed by atoms with van der Waals surface area (Å²) in [6.45, 7) is 1.93. The number of nitrogens with zero attached hydrogens (tertiary/aromatic N) is 2. The lowest BCUT2D eigenvalue weighted by Gasteiger charge is -2.08. The minimum Gasteiger partial charge on any atom is -0.497 e. The van der Waals surface area contributed by atoms with Crippen molar-refractivity contribution in [1.82, 2.24) is 4.98 Å². The van der Waals surface area contributed by atoms with Crippen molar-refractivity contribution in [2.75, 3.05) is 12.4 Å². The maximum absolute atomic E-state index is 12.8. The van der Waals surface area contributed by atoms with Gasteiger partial charge in [-0.05, 0) is 49.4 Å². The number of carbonyl (C=O) groups is 2. The van der Waals surface area contributed by atoms with Crippen LogP contribution in [0.2, 0.25) is 0 Å². The molecule has 4 rings (SSSR count). The Morgan fingerprint density at radius 3 is 2.53 bits per heavy atom. The van der Waals surface area contributed by atoms with Crippen LogP contribution in [-0.4, -0.2) is 29.0 Å². The molecule has 0 spiro atoms. The first kappa shape index (κ1) is 20.8. The number of para-hydroxylation sites is 1. The molecule has 160 valence electrons. The van der Waals surface area contributed by atoms with Crippen LogP contribution in [0.1, 0.15) is 26.3 Å². The molecular formula is C24H20N4O4. The summed E-state index contributed by atoms with van der Waals surface area (Å²) in [5.41, 5.74) is 2.73. The largest absolute Gasteiger partial charge is 0.497 e. The molecule has 0 aliphatic heterocycles. The number of benzene rings is 3. The van der Waals surface area contributed by atoms with Crippen LogP contribution in [0.3, 0.4) is 0 Å². The van der Waals surface area contributed by atoms with Gasteiger partial charge in [0.25, 0.3) is 11.8 Å². The number of methoxy groups -OCH3 is 1. The highest BCUT2D eigenvalue weighted by molar-refractivity contribution is 6.09. The van der Waals surface area contributed by atoms with Gasteiger partial charge in [0.05, 0.1) is 23.9 Å². The fourth-order valence-corrected chi connectivity index (χ4v) is 3.20. The number of aryl methyl sites for hydroxylation is 1. The molecule has 0 saturated heterocycles. The molecule has 8 heteroatoms. The average molecular weight is 428 g/mol. The van der Waals surface area contributed by atoms with E-state index < -0.39 is 5.91 Å². The van der Waals surface area contributed by atoms with Crippen molar-refractivity contribution in [3.05, 3.63) is 83.4 Å². The summed E-state index contributed by atoms with van der Waals surface area (Å²) in [6.07, 6.45) is 0. The summed E-state index contributed by atoms with van der Waals surface area (Å²) in [5.74, 6) is -0.654. The lowest BCUT2D eigenvalue weighted by atomic mass is 10.1. The molecule has 32 heavy (non-hydrogen) atoms. The first-order chi connectivity index (χ1) is 15.5. The predicted molar refractivity (Wildman–Crippen MR) is 121 cm³/mol. The van der Waals surface area contributed by atoms with Crippen LogP contribution in [0.25, 0.3) is 10.9 Å². The highest BCUT2D eigenvalue weighted by Gasteiger charge is 2.16. The van der Waals surface area contributed by atoms with E-state index >= 15 is 0 Å². The predicted octanol–water partition coefficient (Wildman–Crippen LogP) is 5.37. The molecule has 0 fully saturated rings. The maximum atomic E-state index is 12.8. The van der Waals surface area contributed by atoms with Crippen LogP contribution >= 0.6 is 0 Å². The Labute approximate surface area is 183 Å². The van der Waals surface area contributed by atoms with Gasteiger partial charge in [-0.1, -0.05) is 29.8 Å². The van der Waals surface area contributed by atoms with E-state index in [2.05, 4.69) is 20.5 Å². The highest BCUT2D eigenvalue weighted by Crippen LogP contribution is 2.37. The molecule has 3 aromatic carbocycles. The lowest BCUT2D eigenvalue weighted by Crippen LogP contribution is -2.14. The number of nitrogens with one attached hydrogen (secondary N) is 2. The number of hydrogen-bond acceptors (Lipinski definition) is 5. The monoisotopic (exact) mass is 428 g/mol. The number of aromatic nitrogens is 1. The first-order valence-electron chi connectivity index (χ1n) is 9.78. The van der Waals surface area contributed by atoms with Crippen molar-refractivity contribution in [3.63, 3.8) is 0 Å². The Morgan fingerprint density at radius 2 is 1.78 bits per heavy atom. The number of anilines is 1. The third-order valence-electron chi connectivity index (χ3n) is 4.92. The number of fused-ring (bicyclic) bond motifs is 1. The first-order valence-corrected chi connectivity index (χ1v) is 9.78. The normalized spacial score (nSPS) is 11.1. The Balaban J connectivity index is 1.60. The van der Waals surface area contributed by atoms with Gasteiger partial charge >= 0.3 is 0 Å². The second-order valence-corrected chi connectivity index (χ2v) is 7.10. The van der Waals surface area contributed by atoms with Crippen molar-refractivity contribution in [1.29, 1.82) is 0 Å². The third kappa shape index (κ3) is 4.20. The highest BCUT2D eigenvalue weighted by atomic mass is 16.5. The average Bonchev–Trinajstić information content (AvgIpc) is 3.12. The smallest absolute Gasteiger partial charge is 0.297 e. The number of H-pyrrole nitrogens is 1. The second-order valence-electron chi connectivity index (χ2n) is 7.10. The fourth-order valence-electron chi connectivity index (χ4n) is 3.20. The molecular weight excluding hydrogens is 408 g/mol. The van der Waals surface area contributed by atoms with Gasteiger partial charge < -0.3 is 20.1 Å². The second kappa shape index (κ2) is 8.73. The van der Waals surface area contributed by atoms with Crippen LogP contribution < -0.4 is 10.1 Å². The summed E-state index contributed by atoms with van der Waals surface area (Å²) >= 11 is 0. The van der Waals surface area contributed by atoms with Gasteiger partial charge in [-0.15, -0.1) is 10.2 Å². The van der Waals surface area contributed by atoms with Gasteiger partial charge in [-0.25, -0.2) is 0 Å². The third-order valence-corrected chi connectivity index (χ3v) is 4.92. The van der Waals surface area contributed by atoms with Crippen molar-refractivity contribution in [3.8, 4) is 11.6 Å². The maximum Gasteiger partial charge on any atom is 0.297 e. The summed E-state index contributed by atoms with van der Waals surface area (Å²) in [5, 5.41) is 21.2. The van der Waals surface area contributed by atoms with E-state index in [9.17, 15) is 14.7 Å². The van der Waals surface area contributed by atoms with Gasteiger partial charge in [-0.3, -0.25) is 9.59 Å². The van der Waals surface area contributed by atoms with Crippen LogP contribution in [-0.2, 0) is 0 Å². The molecule has 0 aliphatic carbocycles. The Morgan fingerprint density at radius 1 is 1.03 bits per heavy atom. The quantitative estimate of drug-likeness (QED) is 0.371. The molecule has 4 aromatic rings. The minimum atomic E-state index is -0.665. The molecule has 1 heterocycles. The number of ether oxygens (including phenoxy) is 1. The minimum absolute atomic E-state index is 0.119. The van der Waals surface area contributed by atoms with Gasteiger partial charge in [0.1, 0.15) is 5.75 Å². The number of amides is 2. The number of aromatic hydroxyl groups is 1. The summed E-state index contributed by atoms with van der Waals surface area (Å²) < 4.78 is 5.20. The van der Waals surface area contributed by atoms with E-state index in [1.54, 1.807) is 54.6 Å². The Kier molecular flexibility index (Phi) is 5.67. The molecule has 0 atom stereocenters. The zero-order valence-electron chi connectivity index (χ0n) is 17.4. The zero-order valence-corrected chi connectivity index (χ0v) is 17.4. The standard InChI is InChI=1S/C24H20N4O4/c1-14-7-9-15(10-8-14)22(29)25-19-6-4-3-5-17(19)23(30)28-27-21-18-13-16(32-2)11-12-20(18)26-24(21)31/h3-13,26,31H,1-2H3,(H,25,29). The molecule has 0 saturated carbocycles. The van der Waals surface area contributed by atoms with Crippen molar-refractivity contribution in [2.24, 2.45) is 10.2 Å². The molecule has 8 nitrogen and oxygen atoms in total.